The standard InChI is InChI=1S/C18H21N7O2/c1-13-12-14(27-2)4-5-15(13)22-18(26)20-10-9-19-16-6-7-17(24-23-16)25-11-3-8-21-25/h3-8,11-12H,9-10H2,1-2H3,(H,19,23)(H2,20,22,26). The highest BCUT2D eigenvalue weighted by Gasteiger charge is 2.05. The lowest BCUT2D eigenvalue weighted by Gasteiger charge is -2.11. The first-order chi connectivity index (χ1) is 13.2. The number of methoxy groups -OCH3 is 1. The maximum Gasteiger partial charge on any atom is 0.319 e. The van der Waals surface area contributed by atoms with Gasteiger partial charge in [0.15, 0.2) is 5.82 Å². The van der Waals surface area contributed by atoms with Crippen LogP contribution < -0.4 is 20.7 Å². The summed E-state index contributed by atoms with van der Waals surface area (Å²) in [4.78, 5) is 12.0. The van der Waals surface area contributed by atoms with E-state index in [-0.39, 0.29) is 6.03 Å². The first kappa shape index (κ1) is 18.2. The molecule has 0 aliphatic carbocycles. The number of amides is 2. The Kier molecular flexibility index (Phi) is 5.83. The summed E-state index contributed by atoms with van der Waals surface area (Å²) in [5, 5.41) is 21.0. The Morgan fingerprint density at radius 2 is 2.07 bits per heavy atom. The number of aromatic nitrogens is 4. The number of benzene rings is 1. The highest BCUT2D eigenvalue weighted by atomic mass is 16.5. The zero-order valence-electron chi connectivity index (χ0n) is 15.1. The second-order valence-corrected chi connectivity index (χ2v) is 5.72. The molecule has 1 aromatic carbocycles. The number of nitrogens with one attached hydrogen (secondary N) is 3. The summed E-state index contributed by atoms with van der Waals surface area (Å²) in [6.45, 7) is 2.86. The number of urea groups is 1. The van der Waals surface area contributed by atoms with Gasteiger partial charge in [-0.25, -0.2) is 9.48 Å². The number of aryl methyl sites for hydroxylation is 1. The molecule has 2 amide bonds. The molecule has 0 atom stereocenters. The van der Waals surface area contributed by atoms with E-state index < -0.39 is 0 Å². The lowest BCUT2D eigenvalue weighted by atomic mass is 10.2. The number of anilines is 2. The summed E-state index contributed by atoms with van der Waals surface area (Å²) in [5.74, 6) is 2.01. The number of nitrogens with zero attached hydrogens (tertiary/aromatic N) is 4. The lowest BCUT2D eigenvalue weighted by molar-refractivity contribution is 0.252. The van der Waals surface area contributed by atoms with Crippen molar-refractivity contribution in [2.24, 2.45) is 0 Å². The Morgan fingerprint density at radius 1 is 1.19 bits per heavy atom. The van der Waals surface area contributed by atoms with E-state index in [2.05, 4.69) is 31.2 Å². The largest absolute Gasteiger partial charge is 0.497 e. The van der Waals surface area contributed by atoms with Crippen molar-refractivity contribution in [3.8, 4) is 11.6 Å². The van der Waals surface area contributed by atoms with Gasteiger partial charge in [0.1, 0.15) is 11.6 Å². The van der Waals surface area contributed by atoms with Crippen molar-refractivity contribution in [2.45, 2.75) is 6.92 Å². The lowest BCUT2D eigenvalue weighted by Crippen LogP contribution is -2.33. The van der Waals surface area contributed by atoms with Gasteiger partial charge in [0.05, 0.1) is 7.11 Å². The molecule has 3 rings (SSSR count). The van der Waals surface area contributed by atoms with Crippen LogP contribution in [0.15, 0.2) is 48.8 Å². The van der Waals surface area contributed by atoms with Crippen LogP contribution in [-0.2, 0) is 0 Å². The molecular weight excluding hydrogens is 346 g/mol. The predicted molar refractivity (Wildman–Crippen MR) is 102 cm³/mol. The average Bonchev–Trinajstić information content (AvgIpc) is 3.22. The second-order valence-electron chi connectivity index (χ2n) is 5.72. The fraction of sp³-hybridized carbons (Fsp3) is 0.222. The average molecular weight is 367 g/mol. The molecule has 0 aliphatic rings. The summed E-state index contributed by atoms with van der Waals surface area (Å²) in [6, 6.07) is 10.6. The maximum absolute atomic E-state index is 12.0. The van der Waals surface area contributed by atoms with Gasteiger partial charge in [-0.1, -0.05) is 0 Å². The molecule has 0 saturated heterocycles. The van der Waals surface area contributed by atoms with Crippen LogP contribution in [0.4, 0.5) is 16.3 Å². The molecule has 3 aromatic rings. The van der Waals surface area contributed by atoms with E-state index in [4.69, 9.17) is 4.74 Å². The van der Waals surface area contributed by atoms with Crippen molar-refractivity contribution >= 4 is 17.5 Å². The topological polar surface area (TPSA) is 106 Å². The monoisotopic (exact) mass is 367 g/mol. The van der Waals surface area contributed by atoms with Gasteiger partial charge < -0.3 is 20.7 Å². The Morgan fingerprint density at radius 3 is 2.74 bits per heavy atom. The third-order valence-electron chi connectivity index (χ3n) is 3.79. The number of ether oxygens (including phenoxy) is 1. The Balaban J connectivity index is 1.41. The summed E-state index contributed by atoms with van der Waals surface area (Å²) in [5.41, 5.74) is 1.66. The SMILES string of the molecule is COc1ccc(NC(=O)NCCNc2ccc(-n3cccn3)nn2)c(C)c1. The zero-order chi connectivity index (χ0) is 19.1. The molecule has 0 fully saturated rings. The molecular formula is C18H21N7O2. The van der Waals surface area contributed by atoms with Crippen molar-refractivity contribution < 1.29 is 9.53 Å². The van der Waals surface area contributed by atoms with Crippen molar-refractivity contribution in [2.75, 3.05) is 30.8 Å². The third-order valence-corrected chi connectivity index (χ3v) is 3.79. The normalized spacial score (nSPS) is 10.3. The van der Waals surface area contributed by atoms with Crippen molar-refractivity contribution in [1.82, 2.24) is 25.3 Å². The maximum atomic E-state index is 12.0. The highest BCUT2D eigenvalue weighted by Crippen LogP contribution is 2.20. The molecule has 2 heterocycles. The molecule has 140 valence electrons. The number of carbonyl (C=O) groups excluding carboxylic acids is 1. The fourth-order valence-corrected chi connectivity index (χ4v) is 2.38. The molecule has 9 heteroatoms. The molecule has 27 heavy (non-hydrogen) atoms. The highest BCUT2D eigenvalue weighted by molar-refractivity contribution is 5.90. The molecule has 2 aromatic heterocycles. The molecule has 0 aliphatic heterocycles. The van der Waals surface area contributed by atoms with Crippen LogP contribution in [0.2, 0.25) is 0 Å². The molecule has 0 radical (unpaired) electrons. The predicted octanol–water partition coefficient (Wildman–Crippen LogP) is 2.21. The molecule has 0 spiro atoms. The molecule has 3 N–H and O–H groups in total. The van der Waals surface area contributed by atoms with Gasteiger partial charge in [-0.05, 0) is 48.9 Å². The van der Waals surface area contributed by atoms with Crippen LogP contribution in [0.25, 0.3) is 5.82 Å². The zero-order valence-corrected chi connectivity index (χ0v) is 15.1. The summed E-state index contributed by atoms with van der Waals surface area (Å²) < 4.78 is 6.78. The Hall–Kier alpha value is -3.62. The molecule has 0 unspecified atom stereocenters. The van der Waals surface area contributed by atoms with Gasteiger partial charge in [-0.15, -0.1) is 10.2 Å². The van der Waals surface area contributed by atoms with Crippen LogP contribution in [0, 0.1) is 6.92 Å². The van der Waals surface area contributed by atoms with Crippen molar-refractivity contribution in [3.63, 3.8) is 0 Å². The minimum Gasteiger partial charge on any atom is -0.497 e. The second kappa shape index (κ2) is 8.65. The van der Waals surface area contributed by atoms with Gasteiger partial charge in [0.25, 0.3) is 0 Å². The van der Waals surface area contributed by atoms with Crippen LogP contribution in [0.1, 0.15) is 5.56 Å². The minimum atomic E-state index is -0.273. The van der Waals surface area contributed by atoms with E-state index in [0.29, 0.717) is 24.7 Å². The Bertz CT molecular complexity index is 879. The quantitative estimate of drug-likeness (QED) is 0.553. The third kappa shape index (κ3) is 4.94. The molecule has 0 saturated carbocycles. The summed E-state index contributed by atoms with van der Waals surface area (Å²) in [6.07, 6.45) is 3.47. The van der Waals surface area contributed by atoms with Crippen molar-refractivity contribution in [3.05, 3.63) is 54.4 Å². The first-order valence-electron chi connectivity index (χ1n) is 8.43. The first-order valence-corrected chi connectivity index (χ1v) is 8.43. The van der Waals surface area contributed by atoms with E-state index in [0.717, 1.165) is 17.0 Å². The van der Waals surface area contributed by atoms with Crippen molar-refractivity contribution in [1.29, 1.82) is 0 Å². The summed E-state index contributed by atoms with van der Waals surface area (Å²) >= 11 is 0. The molecule has 9 nitrogen and oxygen atoms in total. The van der Waals surface area contributed by atoms with E-state index >= 15 is 0 Å². The number of carbonyl (C=O) groups is 1. The van der Waals surface area contributed by atoms with Crippen LogP contribution in [0.3, 0.4) is 0 Å². The van der Waals surface area contributed by atoms with E-state index in [1.54, 1.807) is 30.3 Å². The van der Waals surface area contributed by atoms with Crippen LogP contribution in [-0.4, -0.2) is 46.2 Å². The van der Waals surface area contributed by atoms with Gasteiger partial charge >= 0.3 is 6.03 Å². The van der Waals surface area contributed by atoms with E-state index in [1.165, 1.54) is 0 Å². The fourth-order valence-electron chi connectivity index (χ4n) is 2.38. The van der Waals surface area contributed by atoms with Gasteiger partial charge in [0.2, 0.25) is 0 Å². The number of rotatable bonds is 7. The summed E-state index contributed by atoms with van der Waals surface area (Å²) in [7, 11) is 1.61. The Labute approximate surface area is 156 Å². The van der Waals surface area contributed by atoms with E-state index in [1.807, 2.05) is 37.3 Å². The number of hydrogen-bond donors (Lipinski definition) is 3. The van der Waals surface area contributed by atoms with Gasteiger partial charge in [-0.3, -0.25) is 0 Å². The van der Waals surface area contributed by atoms with Gasteiger partial charge in [-0.2, -0.15) is 5.10 Å². The van der Waals surface area contributed by atoms with Crippen LogP contribution in [0.5, 0.6) is 5.75 Å². The van der Waals surface area contributed by atoms with E-state index in [9.17, 15) is 4.79 Å². The minimum absolute atomic E-state index is 0.273. The van der Waals surface area contributed by atoms with Crippen LogP contribution >= 0.6 is 0 Å². The molecule has 0 bridgehead atoms. The van der Waals surface area contributed by atoms with Gasteiger partial charge in [0, 0.05) is 31.2 Å². The number of hydrogen-bond acceptors (Lipinski definition) is 6. The smallest absolute Gasteiger partial charge is 0.319 e.